The van der Waals surface area contributed by atoms with Crippen molar-refractivity contribution in [3.05, 3.63) is 68.1 Å². The normalized spacial score (nSPS) is 12.4. The molecule has 6 heteroatoms. The lowest BCUT2D eigenvalue weighted by molar-refractivity contribution is 0.539. The summed E-state index contributed by atoms with van der Waals surface area (Å²) in [5, 5.41) is 0. The zero-order chi connectivity index (χ0) is 14.7. The number of benzene rings is 2. The molecule has 2 aromatic rings. The van der Waals surface area contributed by atoms with E-state index < -0.39 is 0 Å². The van der Waals surface area contributed by atoms with E-state index in [9.17, 15) is 8.78 Å². The minimum atomic E-state index is -0.344. The predicted octanol–water partition coefficient (Wildman–Crippen LogP) is 4.24. The third kappa shape index (κ3) is 3.44. The number of nitrogens with one attached hydrogen (secondary N) is 1. The Morgan fingerprint density at radius 1 is 1.10 bits per heavy atom. The van der Waals surface area contributed by atoms with E-state index in [-0.39, 0.29) is 17.7 Å². The molecule has 0 aromatic heterocycles. The van der Waals surface area contributed by atoms with Gasteiger partial charge >= 0.3 is 0 Å². The van der Waals surface area contributed by atoms with Gasteiger partial charge in [-0.1, -0.05) is 18.2 Å². The molecule has 0 saturated heterocycles. The van der Waals surface area contributed by atoms with Crippen LogP contribution >= 0.6 is 31.9 Å². The van der Waals surface area contributed by atoms with E-state index in [0.717, 1.165) is 5.56 Å². The summed E-state index contributed by atoms with van der Waals surface area (Å²) in [4.78, 5) is 0. The molecule has 0 bridgehead atoms. The van der Waals surface area contributed by atoms with Crippen molar-refractivity contribution in [2.75, 3.05) is 0 Å². The molecule has 0 aliphatic carbocycles. The molecule has 2 aromatic carbocycles. The monoisotopic (exact) mass is 404 g/mol. The fourth-order valence-electron chi connectivity index (χ4n) is 1.95. The Morgan fingerprint density at radius 3 is 2.50 bits per heavy atom. The lowest BCUT2D eigenvalue weighted by Crippen LogP contribution is -2.30. The van der Waals surface area contributed by atoms with Gasteiger partial charge in [-0.05, 0) is 67.6 Å². The molecular formula is C14H12Br2F2N2. The Balaban J connectivity index is 2.28. The maximum absolute atomic E-state index is 13.6. The second kappa shape index (κ2) is 6.76. The molecule has 0 saturated carbocycles. The first kappa shape index (κ1) is 15.6. The highest BCUT2D eigenvalue weighted by Crippen LogP contribution is 2.28. The Bertz CT molecular complexity index is 620. The number of rotatable bonds is 4. The second-order valence-electron chi connectivity index (χ2n) is 4.31. The van der Waals surface area contributed by atoms with Gasteiger partial charge in [0.2, 0.25) is 0 Å². The van der Waals surface area contributed by atoms with Crippen molar-refractivity contribution in [3.63, 3.8) is 0 Å². The van der Waals surface area contributed by atoms with Crippen LogP contribution in [-0.4, -0.2) is 0 Å². The molecule has 106 valence electrons. The number of halogens is 4. The van der Waals surface area contributed by atoms with E-state index in [1.807, 2.05) is 0 Å². The van der Waals surface area contributed by atoms with Gasteiger partial charge in [0.05, 0.1) is 15.0 Å². The largest absolute Gasteiger partial charge is 0.271 e. The molecule has 20 heavy (non-hydrogen) atoms. The standard InChI is InChI=1S/C14H12Br2F2N2/c15-10-6-8(4-5-11(10)17)7-13(20-19)9-2-1-3-12(18)14(9)16/h1-6,13,20H,7,19H2. The lowest BCUT2D eigenvalue weighted by atomic mass is 9.99. The minimum absolute atomic E-state index is 0.280. The summed E-state index contributed by atoms with van der Waals surface area (Å²) in [6.45, 7) is 0. The number of hydrogen-bond donors (Lipinski definition) is 2. The third-order valence-corrected chi connectivity index (χ3v) is 4.43. The minimum Gasteiger partial charge on any atom is -0.271 e. The van der Waals surface area contributed by atoms with Gasteiger partial charge < -0.3 is 0 Å². The molecule has 0 radical (unpaired) electrons. The maximum atomic E-state index is 13.6. The highest BCUT2D eigenvalue weighted by Gasteiger charge is 2.16. The zero-order valence-corrected chi connectivity index (χ0v) is 13.5. The molecule has 1 atom stereocenters. The Hall–Kier alpha value is -0.820. The van der Waals surface area contributed by atoms with Crippen molar-refractivity contribution in [2.45, 2.75) is 12.5 Å². The van der Waals surface area contributed by atoms with Crippen LogP contribution in [0, 0.1) is 11.6 Å². The van der Waals surface area contributed by atoms with Crippen molar-refractivity contribution in [3.8, 4) is 0 Å². The van der Waals surface area contributed by atoms with Crippen LogP contribution in [-0.2, 0) is 6.42 Å². The Morgan fingerprint density at radius 2 is 1.85 bits per heavy atom. The van der Waals surface area contributed by atoms with E-state index in [1.54, 1.807) is 24.3 Å². The van der Waals surface area contributed by atoms with Gasteiger partial charge in [-0.2, -0.15) is 0 Å². The first-order chi connectivity index (χ1) is 9.52. The summed E-state index contributed by atoms with van der Waals surface area (Å²) in [5.41, 5.74) is 4.27. The van der Waals surface area contributed by atoms with Crippen LogP contribution in [0.25, 0.3) is 0 Å². The summed E-state index contributed by atoms with van der Waals surface area (Å²) in [6, 6.07) is 9.25. The molecule has 0 aliphatic heterocycles. The quantitative estimate of drug-likeness (QED) is 0.589. The zero-order valence-electron chi connectivity index (χ0n) is 10.3. The van der Waals surface area contributed by atoms with Gasteiger partial charge in [-0.3, -0.25) is 11.3 Å². The van der Waals surface area contributed by atoms with E-state index in [4.69, 9.17) is 5.84 Å². The average Bonchev–Trinajstić information content (AvgIpc) is 2.43. The molecule has 0 heterocycles. The first-order valence-electron chi connectivity index (χ1n) is 5.87. The van der Waals surface area contributed by atoms with E-state index >= 15 is 0 Å². The van der Waals surface area contributed by atoms with Crippen LogP contribution in [0.5, 0.6) is 0 Å². The van der Waals surface area contributed by atoms with E-state index in [1.165, 1.54) is 12.1 Å². The van der Waals surface area contributed by atoms with Crippen molar-refractivity contribution in [1.82, 2.24) is 5.43 Å². The molecule has 0 amide bonds. The summed E-state index contributed by atoms with van der Waals surface area (Å²) in [6.07, 6.45) is 0.511. The maximum Gasteiger partial charge on any atom is 0.137 e. The summed E-state index contributed by atoms with van der Waals surface area (Å²) in [5.74, 6) is 4.89. The molecule has 0 fully saturated rings. The van der Waals surface area contributed by atoms with Gasteiger partial charge in [0.25, 0.3) is 0 Å². The summed E-state index contributed by atoms with van der Waals surface area (Å²) >= 11 is 6.37. The van der Waals surface area contributed by atoms with E-state index in [0.29, 0.717) is 20.9 Å². The number of hydrazine groups is 1. The van der Waals surface area contributed by atoms with Crippen LogP contribution in [0.15, 0.2) is 45.3 Å². The number of hydrogen-bond acceptors (Lipinski definition) is 2. The van der Waals surface area contributed by atoms with Gasteiger partial charge in [-0.25, -0.2) is 8.78 Å². The van der Waals surface area contributed by atoms with Crippen LogP contribution in [0.2, 0.25) is 0 Å². The molecule has 2 nitrogen and oxygen atoms in total. The van der Waals surface area contributed by atoms with Crippen molar-refractivity contribution in [1.29, 1.82) is 0 Å². The average molecular weight is 406 g/mol. The van der Waals surface area contributed by atoms with E-state index in [2.05, 4.69) is 37.3 Å². The smallest absolute Gasteiger partial charge is 0.137 e. The van der Waals surface area contributed by atoms with Crippen LogP contribution in [0.1, 0.15) is 17.2 Å². The van der Waals surface area contributed by atoms with Crippen LogP contribution < -0.4 is 11.3 Å². The SMILES string of the molecule is NNC(Cc1ccc(F)c(Br)c1)c1cccc(F)c1Br. The van der Waals surface area contributed by atoms with Gasteiger partial charge in [0.1, 0.15) is 11.6 Å². The molecular weight excluding hydrogens is 394 g/mol. The highest BCUT2D eigenvalue weighted by atomic mass is 79.9. The molecule has 0 aliphatic rings. The fraction of sp³-hybridized carbons (Fsp3) is 0.143. The van der Waals surface area contributed by atoms with Crippen LogP contribution in [0.3, 0.4) is 0 Å². The van der Waals surface area contributed by atoms with Gasteiger partial charge in [0, 0.05) is 0 Å². The Kier molecular flexibility index (Phi) is 5.26. The number of nitrogens with two attached hydrogens (primary N) is 1. The predicted molar refractivity (Wildman–Crippen MR) is 82.0 cm³/mol. The highest BCUT2D eigenvalue weighted by molar-refractivity contribution is 9.10. The van der Waals surface area contributed by atoms with Crippen molar-refractivity contribution >= 4 is 31.9 Å². The molecule has 2 rings (SSSR count). The summed E-state index contributed by atoms with van der Waals surface area (Å²) < 4.78 is 27.5. The van der Waals surface area contributed by atoms with Crippen molar-refractivity contribution < 1.29 is 8.78 Å². The topological polar surface area (TPSA) is 38.0 Å². The Labute approximate surface area is 132 Å². The molecule has 0 spiro atoms. The third-order valence-electron chi connectivity index (χ3n) is 2.98. The summed E-state index contributed by atoms with van der Waals surface area (Å²) in [7, 11) is 0. The van der Waals surface area contributed by atoms with Gasteiger partial charge in [-0.15, -0.1) is 0 Å². The van der Waals surface area contributed by atoms with Gasteiger partial charge in [0.15, 0.2) is 0 Å². The first-order valence-corrected chi connectivity index (χ1v) is 7.45. The van der Waals surface area contributed by atoms with Crippen LogP contribution in [0.4, 0.5) is 8.78 Å². The molecule has 3 N–H and O–H groups in total. The second-order valence-corrected chi connectivity index (χ2v) is 5.96. The van der Waals surface area contributed by atoms with Crippen molar-refractivity contribution in [2.24, 2.45) is 5.84 Å². The molecule has 1 unspecified atom stereocenters. The fourth-order valence-corrected chi connectivity index (χ4v) is 2.92. The lowest BCUT2D eigenvalue weighted by Gasteiger charge is -2.18.